The van der Waals surface area contributed by atoms with Gasteiger partial charge in [-0.15, -0.1) is 0 Å². The third-order valence-corrected chi connectivity index (χ3v) is 14.4. The maximum absolute atomic E-state index is 13.6. The highest BCUT2D eigenvalue weighted by molar-refractivity contribution is 6.03. The van der Waals surface area contributed by atoms with Crippen LogP contribution in [0.5, 0.6) is 11.5 Å². The molecule has 0 N–H and O–H groups in total. The minimum atomic E-state index is -0.245. The largest absolute Gasteiger partial charge is 0.495 e. The molecular formula is C56H64F2N8O6. The fraction of sp³-hybridized carbons (Fsp3) is 0.393. The summed E-state index contributed by atoms with van der Waals surface area (Å²) in [6.07, 6.45) is 12.4. The zero-order chi connectivity index (χ0) is 48.0. The summed E-state index contributed by atoms with van der Waals surface area (Å²) in [5.74, 6) is 3.07. The molecule has 3 atom stereocenters. The molecule has 2 spiro atoms. The molecule has 8 heterocycles. The molecule has 0 aliphatic carbocycles. The van der Waals surface area contributed by atoms with E-state index in [-0.39, 0.29) is 55.3 Å². The van der Waals surface area contributed by atoms with Crippen molar-refractivity contribution in [3.8, 4) is 22.9 Å². The van der Waals surface area contributed by atoms with Gasteiger partial charge in [-0.05, 0) is 116 Å². The van der Waals surface area contributed by atoms with E-state index in [0.717, 1.165) is 114 Å². The van der Waals surface area contributed by atoms with Crippen LogP contribution in [0.4, 0.5) is 8.78 Å². The SMILES string of the molecule is C.C.COc1cc(/C=C2\CC3(COC3)CN3C2=NOCC3c2ccc(F)cc2)ccc1-n1cnc(C)c1.COc1cc(CC2CC3(COC3)CN3C2=NOCC3c2ccc(F)cc2)ccc1-n1cnc(C)c1. The van der Waals surface area contributed by atoms with E-state index in [1.807, 2.05) is 71.8 Å². The maximum atomic E-state index is 13.6. The van der Waals surface area contributed by atoms with E-state index in [2.05, 4.69) is 60.4 Å². The number of hydrogen-bond donors (Lipinski definition) is 0. The Kier molecular flexibility index (Phi) is 14.3. The molecule has 0 radical (unpaired) electrons. The highest BCUT2D eigenvalue weighted by Gasteiger charge is 2.51. The number of benzene rings is 4. The van der Waals surface area contributed by atoms with Crippen molar-refractivity contribution >= 4 is 17.7 Å². The Morgan fingerprint density at radius 1 is 0.667 bits per heavy atom. The van der Waals surface area contributed by atoms with E-state index in [1.165, 1.54) is 29.8 Å². The number of oxime groups is 2. The van der Waals surface area contributed by atoms with Gasteiger partial charge in [0.1, 0.15) is 42.2 Å². The minimum absolute atomic E-state index is 0. The Labute approximate surface area is 420 Å². The summed E-state index contributed by atoms with van der Waals surface area (Å²) in [7, 11) is 3.37. The summed E-state index contributed by atoms with van der Waals surface area (Å²) in [6.45, 7) is 9.45. The molecule has 16 heteroatoms. The second-order valence-corrected chi connectivity index (χ2v) is 19.6. The number of amidine groups is 2. The first-order chi connectivity index (χ1) is 34.1. The first-order valence-electron chi connectivity index (χ1n) is 23.7. The van der Waals surface area contributed by atoms with E-state index < -0.39 is 0 Å². The Balaban J connectivity index is 0.000000173. The molecule has 6 aliphatic rings. The van der Waals surface area contributed by atoms with Gasteiger partial charge in [-0.25, -0.2) is 18.7 Å². The van der Waals surface area contributed by atoms with Crippen LogP contribution >= 0.6 is 0 Å². The van der Waals surface area contributed by atoms with Crippen molar-refractivity contribution in [1.29, 1.82) is 0 Å². The molecule has 4 fully saturated rings. The number of ether oxygens (including phenoxy) is 4. The van der Waals surface area contributed by atoms with Crippen LogP contribution in [0.2, 0.25) is 0 Å². The number of methoxy groups -OCH3 is 2. The second-order valence-electron chi connectivity index (χ2n) is 19.6. The van der Waals surface area contributed by atoms with Gasteiger partial charge in [0.05, 0.1) is 88.1 Å². The van der Waals surface area contributed by atoms with Gasteiger partial charge in [-0.3, -0.25) is 0 Å². The molecule has 6 aromatic rings. The second kappa shape index (κ2) is 20.6. The predicted molar refractivity (Wildman–Crippen MR) is 273 cm³/mol. The molecule has 14 nitrogen and oxygen atoms in total. The average Bonchev–Trinajstić information content (AvgIpc) is 4.00. The van der Waals surface area contributed by atoms with Crippen molar-refractivity contribution in [3.63, 3.8) is 0 Å². The number of halogens is 2. The fourth-order valence-corrected chi connectivity index (χ4v) is 10.8. The van der Waals surface area contributed by atoms with Crippen molar-refractivity contribution < 1.29 is 37.4 Å². The highest BCUT2D eigenvalue weighted by Crippen LogP contribution is 2.47. The third kappa shape index (κ3) is 9.81. The average molecular weight is 983 g/mol. The van der Waals surface area contributed by atoms with Gasteiger partial charge in [0.15, 0.2) is 5.84 Å². The number of aromatic nitrogens is 4. The number of nitrogens with zero attached hydrogens (tertiary/aromatic N) is 8. The van der Waals surface area contributed by atoms with Crippen molar-refractivity contribution in [3.05, 3.63) is 161 Å². The molecule has 0 saturated carbocycles. The molecule has 2 aromatic heterocycles. The molecular weight excluding hydrogens is 919 g/mol. The van der Waals surface area contributed by atoms with Crippen molar-refractivity contribution in [2.24, 2.45) is 27.1 Å². The van der Waals surface area contributed by atoms with Crippen molar-refractivity contribution in [1.82, 2.24) is 28.9 Å². The molecule has 378 valence electrons. The van der Waals surface area contributed by atoms with Crippen LogP contribution in [0, 0.1) is 42.2 Å². The van der Waals surface area contributed by atoms with Gasteiger partial charge in [-0.2, -0.15) is 0 Å². The van der Waals surface area contributed by atoms with E-state index in [1.54, 1.807) is 26.9 Å². The van der Waals surface area contributed by atoms with Crippen molar-refractivity contribution in [2.75, 3.05) is 67.0 Å². The smallest absolute Gasteiger partial charge is 0.172 e. The lowest BCUT2D eigenvalue weighted by atomic mass is 9.71. The van der Waals surface area contributed by atoms with E-state index in [9.17, 15) is 8.78 Å². The number of imidazole rings is 2. The molecule has 12 rings (SSSR count). The van der Waals surface area contributed by atoms with Crippen molar-refractivity contribution in [2.45, 2.75) is 60.0 Å². The van der Waals surface area contributed by atoms with Crippen LogP contribution in [0.15, 0.2) is 126 Å². The van der Waals surface area contributed by atoms with Gasteiger partial charge in [0, 0.05) is 42.2 Å². The van der Waals surface area contributed by atoms with Gasteiger partial charge in [-0.1, -0.05) is 61.6 Å². The quantitative estimate of drug-likeness (QED) is 0.138. The zero-order valence-corrected chi connectivity index (χ0v) is 39.8. The maximum Gasteiger partial charge on any atom is 0.172 e. The monoisotopic (exact) mass is 982 g/mol. The highest BCUT2D eigenvalue weighted by atomic mass is 19.1. The molecule has 0 amide bonds. The Bertz CT molecular complexity index is 2960. The topological polar surface area (TPSA) is 122 Å². The van der Waals surface area contributed by atoms with Crippen LogP contribution in [0.3, 0.4) is 0 Å². The summed E-state index contributed by atoms with van der Waals surface area (Å²) in [6, 6.07) is 25.8. The van der Waals surface area contributed by atoms with Crippen LogP contribution in [-0.4, -0.2) is 108 Å². The fourth-order valence-electron chi connectivity index (χ4n) is 10.8. The lowest BCUT2D eigenvalue weighted by Crippen LogP contribution is -2.61. The van der Waals surface area contributed by atoms with Crippen LogP contribution < -0.4 is 9.47 Å². The first kappa shape index (κ1) is 49.9. The van der Waals surface area contributed by atoms with E-state index >= 15 is 0 Å². The van der Waals surface area contributed by atoms with Gasteiger partial charge in [0.2, 0.25) is 0 Å². The molecule has 72 heavy (non-hydrogen) atoms. The minimum Gasteiger partial charge on any atom is -0.495 e. The summed E-state index contributed by atoms with van der Waals surface area (Å²) >= 11 is 0. The zero-order valence-electron chi connectivity index (χ0n) is 39.8. The van der Waals surface area contributed by atoms with E-state index in [4.69, 9.17) is 28.6 Å². The van der Waals surface area contributed by atoms with Gasteiger partial charge in [0.25, 0.3) is 0 Å². The number of fused-ring (bicyclic) bond motifs is 2. The Morgan fingerprint density at radius 3 is 1.75 bits per heavy atom. The number of rotatable bonds is 9. The first-order valence-corrected chi connectivity index (χ1v) is 23.7. The summed E-state index contributed by atoms with van der Waals surface area (Å²) in [4.78, 5) is 24.8. The summed E-state index contributed by atoms with van der Waals surface area (Å²) in [5, 5.41) is 9.01. The van der Waals surface area contributed by atoms with Crippen LogP contribution in [-0.2, 0) is 25.6 Å². The standard InChI is InChI=1S/C27H29FN4O3.C27H27FN4O3.2CH4/c2*1-18-12-31(17-29-18)23-8-3-19(10-25(23)33-2)9-21-11-27(15-34-16-27)14-32-24(13-35-30-26(21)32)20-4-6-22(28)7-5-20;;/h3-8,10,12,17,21,24H,9,11,13-16H2,1-2H3;3-10,12,17,24H,11,13-16H2,1-2H3;2*1H4/b;21-9+;;. The number of hydrogen-bond acceptors (Lipinski definition) is 12. The molecule has 4 saturated heterocycles. The lowest BCUT2D eigenvalue weighted by molar-refractivity contribution is -0.145. The Morgan fingerprint density at radius 2 is 1.21 bits per heavy atom. The molecule has 4 aromatic carbocycles. The van der Waals surface area contributed by atoms with Crippen LogP contribution in [0.25, 0.3) is 17.5 Å². The van der Waals surface area contributed by atoms with Gasteiger partial charge < -0.3 is 47.6 Å². The third-order valence-electron chi connectivity index (χ3n) is 14.4. The molecule has 0 bridgehead atoms. The normalized spacial score (nSPS) is 21.6. The molecule has 6 aliphatic heterocycles. The molecule has 3 unspecified atom stereocenters. The number of piperidine rings is 2. The van der Waals surface area contributed by atoms with Crippen LogP contribution in [0.1, 0.15) is 73.4 Å². The summed E-state index contributed by atoms with van der Waals surface area (Å²) in [5.41, 5.74) is 9.28. The Hall–Kier alpha value is -7.04. The predicted octanol–water partition coefficient (Wildman–Crippen LogP) is 10.1. The van der Waals surface area contributed by atoms with Gasteiger partial charge >= 0.3 is 0 Å². The lowest BCUT2D eigenvalue weighted by Gasteiger charge is -2.54. The number of aryl methyl sites for hydroxylation is 2. The summed E-state index contributed by atoms with van der Waals surface area (Å²) < 4.78 is 53.9. The van der Waals surface area contributed by atoms with E-state index in [0.29, 0.717) is 26.4 Å².